The van der Waals surface area contributed by atoms with Crippen LogP contribution in [0.2, 0.25) is 0 Å². The number of hydrogen-bond acceptors (Lipinski definition) is 4. The number of nitriles is 1. The standard InChI is InChI=1S/C16H15N5/c1-11(18)12-7-9-19-16(10-12)21-14-5-3-2-4-13(14)20-15(21)6-8-17/h2-5,7,9-11H,6,18H2,1H3/t11-/m0/s1. The predicted molar refractivity (Wildman–Crippen MR) is 80.8 cm³/mol. The molecule has 3 rings (SSSR count). The molecule has 1 atom stereocenters. The molecule has 0 amide bonds. The van der Waals surface area contributed by atoms with Crippen LogP contribution in [-0.4, -0.2) is 14.5 Å². The summed E-state index contributed by atoms with van der Waals surface area (Å²) in [6.07, 6.45) is 1.97. The minimum Gasteiger partial charge on any atom is -0.324 e. The van der Waals surface area contributed by atoms with Gasteiger partial charge in [0.05, 0.1) is 23.5 Å². The van der Waals surface area contributed by atoms with Gasteiger partial charge in [-0.2, -0.15) is 5.26 Å². The first-order valence-electron chi connectivity index (χ1n) is 6.76. The predicted octanol–water partition coefficient (Wildman–Crippen LogP) is 2.51. The average Bonchev–Trinajstić information content (AvgIpc) is 2.85. The Bertz CT molecular complexity index is 826. The molecule has 0 aliphatic carbocycles. The number of imidazole rings is 1. The second-order valence-electron chi connectivity index (χ2n) is 4.92. The van der Waals surface area contributed by atoms with Crippen molar-refractivity contribution < 1.29 is 0 Å². The van der Waals surface area contributed by atoms with Gasteiger partial charge in [0.25, 0.3) is 0 Å². The molecule has 2 N–H and O–H groups in total. The Morgan fingerprint density at radius 2 is 2.14 bits per heavy atom. The minimum atomic E-state index is -0.0686. The number of fused-ring (bicyclic) bond motifs is 1. The van der Waals surface area contributed by atoms with Crippen LogP contribution in [0.3, 0.4) is 0 Å². The SMILES string of the molecule is C[C@H](N)c1ccnc(-n2c(CC#N)nc3ccccc32)c1. The number of nitrogens with two attached hydrogens (primary N) is 1. The lowest BCUT2D eigenvalue weighted by atomic mass is 10.1. The quantitative estimate of drug-likeness (QED) is 0.797. The molecule has 0 aliphatic heterocycles. The molecule has 0 saturated carbocycles. The topological polar surface area (TPSA) is 80.5 Å². The van der Waals surface area contributed by atoms with Crippen molar-refractivity contribution in [2.75, 3.05) is 0 Å². The van der Waals surface area contributed by atoms with E-state index in [0.717, 1.165) is 22.4 Å². The largest absolute Gasteiger partial charge is 0.324 e. The summed E-state index contributed by atoms with van der Waals surface area (Å²) >= 11 is 0. The maximum atomic E-state index is 9.02. The first-order chi connectivity index (χ1) is 10.2. The second kappa shape index (κ2) is 5.35. The van der Waals surface area contributed by atoms with Gasteiger partial charge in [-0.05, 0) is 36.8 Å². The van der Waals surface area contributed by atoms with Crippen molar-refractivity contribution >= 4 is 11.0 Å². The number of benzene rings is 1. The van der Waals surface area contributed by atoms with Gasteiger partial charge in [-0.15, -0.1) is 0 Å². The highest BCUT2D eigenvalue weighted by Crippen LogP contribution is 2.22. The molecule has 0 spiro atoms. The minimum absolute atomic E-state index is 0.0686. The zero-order valence-corrected chi connectivity index (χ0v) is 11.7. The van der Waals surface area contributed by atoms with Gasteiger partial charge in [-0.25, -0.2) is 9.97 Å². The second-order valence-corrected chi connectivity index (χ2v) is 4.92. The Kier molecular flexibility index (Phi) is 3.38. The number of aromatic nitrogens is 3. The fourth-order valence-corrected chi connectivity index (χ4v) is 2.36. The third-order valence-corrected chi connectivity index (χ3v) is 3.39. The van der Waals surface area contributed by atoms with E-state index < -0.39 is 0 Å². The molecule has 0 bridgehead atoms. The van der Waals surface area contributed by atoms with Gasteiger partial charge in [0.1, 0.15) is 11.6 Å². The fourth-order valence-electron chi connectivity index (χ4n) is 2.36. The first-order valence-corrected chi connectivity index (χ1v) is 6.76. The van der Waals surface area contributed by atoms with Gasteiger partial charge in [-0.3, -0.25) is 4.57 Å². The molecule has 0 fully saturated rings. The molecule has 3 aromatic rings. The van der Waals surface area contributed by atoms with E-state index in [2.05, 4.69) is 16.0 Å². The number of pyridine rings is 1. The normalized spacial score (nSPS) is 12.2. The van der Waals surface area contributed by atoms with Gasteiger partial charge in [-0.1, -0.05) is 12.1 Å². The summed E-state index contributed by atoms with van der Waals surface area (Å²) < 4.78 is 1.92. The monoisotopic (exact) mass is 277 g/mol. The van der Waals surface area contributed by atoms with Crippen LogP contribution in [0.5, 0.6) is 0 Å². The van der Waals surface area contributed by atoms with Gasteiger partial charge in [0.2, 0.25) is 0 Å². The Hall–Kier alpha value is -2.71. The van der Waals surface area contributed by atoms with E-state index in [4.69, 9.17) is 11.0 Å². The van der Waals surface area contributed by atoms with Crippen molar-refractivity contribution in [2.45, 2.75) is 19.4 Å². The first kappa shape index (κ1) is 13.3. The highest BCUT2D eigenvalue weighted by Gasteiger charge is 2.13. The molecule has 5 nitrogen and oxygen atoms in total. The summed E-state index contributed by atoms with van der Waals surface area (Å²) in [4.78, 5) is 8.94. The van der Waals surface area contributed by atoms with Gasteiger partial charge < -0.3 is 5.73 Å². The summed E-state index contributed by atoms with van der Waals surface area (Å²) in [5.74, 6) is 1.43. The molecule has 0 aliphatic rings. The zero-order chi connectivity index (χ0) is 14.8. The van der Waals surface area contributed by atoms with Crippen LogP contribution in [0, 0.1) is 11.3 Å². The molecule has 2 aromatic heterocycles. The van der Waals surface area contributed by atoms with Crippen LogP contribution in [-0.2, 0) is 6.42 Å². The molecule has 2 heterocycles. The smallest absolute Gasteiger partial charge is 0.138 e. The van der Waals surface area contributed by atoms with E-state index in [-0.39, 0.29) is 12.5 Å². The summed E-state index contributed by atoms with van der Waals surface area (Å²) in [7, 11) is 0. The number of para-hydroxylation sites is 2. The lowest BCUT2D eigenvalue weighted by Gasteiger charge is -2.10. The van der Waals surface area contributed by atoms with Crippen LogP contribution in [0.15, 0.2) is 42.6 Å². The van der Waals surface area contributed by atoms with Gasteiger partial charge >= 0.3 is 0 Å². The zero-order valence-electron chi connectivity index (χ0n) is 11.7. The number of hydrogen-bond donors (Lipinski definition) is 1. The van der Waals surface area contributed by atoms with Crippen LogP contribution in [0.25, 0.3) is 16.9 Å². The maximum Gasteiger partial charge on any atom is 0.138 e. The molecule has 0 saturated heterocycles. The van der Waals surface area contributed by atoms with Gasteiger partial charge in [0, 0.05) is 12.2 Å². The maximum absolute atomic E-state index is 9.02. The van der Waals surface area contributed by atoms with E-state index in [1.807, 2.05) is 47.9 Å². The van der Waals surface area contributed by atoms with E-state index in [9.17, 15) is 0 Å². The Morgan fingerprint density at radius 3 is 2.90 bits per heavy atom. The van der Waals surface area contributed by atoms with Crippen molar-refractivity contribution in [3.8, 4) is 11.9 Å². The molecule has 1 aromatic carbocycles. The Morgan fingerprint density at radius 1 is 1.33 bits per heavy atom. The molecule has 0 radical (unpaired) electrons. The molecule has 0 unspecified atom stereocenters. The molecule has 104 valence electrons. The summed E-state index contributed by atoms with van der Waals surface area (Å²) in [5, 5.41) is 9.02. The van der Waals surface area contributed by atoms with Crippen molar-refractivity contribution in [3.05, 3.63) is 54.0 Å². The summed E-state index contributed by atoms with van der Waals surface area (Å²) in [5.41, 5.74) is 8.74. The Labute approximate surface area is 122 Å². The lowest BCUT2D eigenvalue weighted by molar-refractivity contribution is 0.808. The average molecular weight is 277 g/mol. The molecular formula is C16H15N5. The van der Waals surface area contributed by atoms with Crippen molar-refractivity contribution in [2.24, 2.45) is 5.73 Å². The highest BCUT2D eigenvalue weighted by atomic mass is 15.1. The lowest BCUT2D eigenvalue weighted by Crippen LogP contribution is -2.08. The van der Waals surface area contributed by atoms with Crippen LogP contribution in [0.4, 0.5) is 0 Å². The van der Waals surface area contributed by atoms with E-state index in [1.165, 1.54) is 0 Å². The van der Waals surface area contributed by atoms with Crippen LogP contribution in [0.1, 0.15) is 24.4 Å². The van der Waals surface area contributed by atoms with Crippen molar-refractivity contribution in [1.29, 1.82) is 5.26 Å². The van der Waals surface area contributed by atoms with Crippen LogP contribution < -0.4 is 5.73 Å². The third-order valence-electron chi connectivity index (χ3n) is 3.39. The molecule has 5 heteroatoms. The number of rotatable bonds is 3. The number of nitrogens with zero attached hydrogens (tertiary/aromatic N) is 4. The van der Waals surface area contributed by atoms with Crippen molar-refractivity contribution in [3.63, 3.8) is 0 Å². The third kappa shape index (κ3) is 2.37. The van der Waals surface area contributed by atoms with E-state index >= 15 is 0 Å². The van der Waals surface area contributed by atoms with E-state index in [1.54, 1.807) is 6.20 Å². The Balaban J connectivity index is 2.25. The van der Waals surface area contributed by atoms with Crippen LogP contribution >= 0.6 is 0 Å². The summed E-state index contributed by atoms with van der Waals surface area (Å²) in [6.45, 7) is 1.93. The fraction of sp³-hybridized carbons (Fsp3) is 0.188. The van der Waals surface area contributed by atoms with E-state index in [0.29, 0.717) is 5.82 Å². The molecule has 21 heavy (non-hydrogen) atoms. The highest BCUT2D eigenvalue weighted by molar-refractivity contribution is 5.78. The summed E-state index contributed by atoms with van der Waals surface area (Å²) in [6, 6.07) is 13.7. The molecular weight excluding hydrogens is 262 g/mol. The van der Waals surface area contributed by atoms with Crippen molar-refractivity contribution in [1.82, 2.24) is 14.5 Å². The van der Waals surface area contributed by atoms with Gasteiger partial charge in [0.15, 0.2) is 0 Å².